The summed E-state index contributed by atoms with van der Waals surface area (Å²) in [5, 5.41) is 3.21. The van der Waals surface area contributed by atoms with Crippen molar-refractivity contribution in [1.82, 2.24) is 5.32 Å². The van der Waals surface area contributed by atoms with Crippen molar-refractivity contribution in [3.63, 3.8) is 0 Å². The van der Waals surface area contributed by atoms with Gasteiger partial charge in [0.1, 0.15) is 12.4 Å². The Bertz CT molecular complexity index is 825. The van der Waals surface area contributed by atoms with Crippen molar-refractivity contribution in [3.8, 4) is 0 Å². The molecule has 2 aromatic carbocycles. The number of amides is 1. The Labute approximate surface area is 145 Å². The Morgan fingerprint density at radius 1 is 1.21 bits per heavy atom. The molecule has 0 saturated carbocycles. The second-order valence-electron chi connectivity index (χ2n) is 5.15. The molecule has 0 aromatic heterocycles. The number of hydrogen-bond donors (Lipinski definition) is 1. The van der Waals surface area contributed by atoms with Gasteiger partial charge in [0.25, 0.3) is 0 Å². The fraction of sp³-hybridized carbons (Fsp3) is 0.188. The van der Waals surface area contributed by atoms with Crippen LogP contribution in [0, 0.1) is 5.82 Å². The van der Waals surface area contributed by atoms with Crippen LogP contribution in [0.5, 0.6) is 0 Å². The quantitative estimate of drug-likeness (QED) is 0.849. The number of nitrogens with one attached hydrogen (secondary N) is 1. The molecule has 2 rings (SSSR count). The number of benzene rings is 2. The predicted molar refractivity (Wildman–Crippen MR) is 91.9 cm³/mol. The summed E-state index contributed by atoms with van der Waals surface area (Å²) in [5.41, 5.74) is 0.920. The SMILES string of the molecule is CS(=O)(=O)N(CC(=O)NCc1ccc(Cl)cc1)c1cccc(F)c1. The molecule has 0 atom stereocenters. The Hall–Kier alpha value is -2.12. The number of nitrogens with zero attached hydrogens (tertiary/aromatic N) is 1. The Morgan fingerprint density at radius 3 is 2.46 bits per heavy atom. The highest BCUT2D eigenvalue weighted by atomic mass is 35.5. The lowest BCUT2D eigenvalue weighted by Gasteiger charge is -2.21. The largest absolute Gasteiger partial charge is 0.350 e. The third-order valence-corrected chi connectivity index (χ3v) is 4.58. The molecule has 0 saturated heterocycles. The van der Waals surface area contributed by atoms with E-state index in [-0.39, 0.29) is 12.2 Å². The third kappa shape index (κ3) is 5.21. The molecule has 0 fully saturated rings. The van der Waals surface area contributed by atoms with E-state index in [1.54, 1.807) is 24.3 Å². The fourth-order valence-corrected chi connectivity index (χ4v) is 2.99. The minimum Gasteiger partial charge on any atom is -0.350 e. The zero-order valence-electron chi connectivity index (χ0n) is 12.9. The lowest BCUT2D eigenvalue weighted by Crippen LogP contribution is -2.40. The van der Waals surface area contributed by atoms with Gasteiger partial charge in [0, 0.05) is 11.6 Å². The first-order valence-electron chi connectivity index (χ1n) is 7.00. The van der Waals surface area contributed by atoms with Gasteiger partial charge in [0.15, 0.2) is 0 Å². The van der Waals surface area contributed by atoms with Gasteiger partial charge in [-0.25, -0.2) is 12.8 Å². The van der Waals surface area contributed by atoms with Gasteiger partial charge in [-0.15, -0.1) is 0 Å². The molecular weight excluding hydrogens is 355 g/mol. The summed E-state index contributed by atoms with van der Waals surface area (Å²) < 4.78 is 38.0. The van der Waals surface area contributed by atoms with E-state index in [1.807, 2.05) is 0 Å². The highest BCUT2D eigenvalue weighted by Gasteiger charge is 2.21. The van der Waals surface area contributed by atoms with Crippen LogP contribution in [0.3, 0.4) is 0 Å². The van der Waals surface area contributed by atoms with Crippen molar-refractivity contribution in [1.29, 1.82) is 0 Å². The van der Waals surface area contributed by atoms with E-state index < -0.39 is 28.3 Å². The van der Waals surface area contributed by atoms with Crippen LogP contribution in [0.1, 0.15) is 5.56 Å². The molecule has 0 spiro atoms. The summed E-state index contributed by atoms with van der Waals surface area (Å²) in [6.45, 7) is -0.202. The molecule has 2 aromatic rings. The van der Waals surface area contributed by atoms with Crippen molar-refractivity contribution in [2.75, 3.05) is 17.1 Å². The van der Waals surface area contributed by atoms with E-state index >= 15 is 0 Å². The number of halogens is 2. The second-order valence-corrected chi connectivity index (χ2v) is 7.50. The van der Waals surface area contributed by atoms with E-state index in [4.69, 9.17) is 11.6 Å². The summed E-state index contributed by atoms with van der Waals surface area (Å²) in [6, 6.07) is 12.0. The molecule has 0 radical (unpaired) electrons. The molecule has 0 aliphatic carbocycles. The summed E-state index contributed by atoms with van der Waals surface area (Å²) in [5.74, 6) is -1.08. The fourth-order valence-electron chi connectivity index (χ4n) is 2.02. The lowest BCUT2D eigenvalue weighted by atomic mass is 10.2. The summed E-state index contributed by atoms with van der Waals surface area (Å²) in [4.78, 5) is 12.1. The van der Waals surface area contributed by atoms with Crippen LogP contribution in [0.2, 0.25) is 5.02 Å². The summed E-state index contributed by atoms with van der Waals surface area (Å²) in [6.07, 6.45) is 0.963. The van der Waals surface area contributed by atoms with E-state index in [2.05, 4.69) is 5.32 Å². The van der Waals surface area contributed by atoms with E-state index in [0.717, 1.165) is 22.2 Å². The highest BCUT2D eigenvalue weighted by Crippen LogP contribution is 2.18. The Balaban J connectivity index is 2.06. The van der Waals surface area contributed by atoms with Crippen molar-refractivity contribution in [2.24, 2.45) is 0 Å². The second kappa shape index (κ2) is 7.63. The number of rotatable bonds is 6. The molecule has 128 valence electrons. The number of sulfonamides is 1. The Morgan fingerprint density at radius 2 is 1.88 bits per heavy atom. The molecule has 0 heterocycles. The van der Waals surface area contributed by atoms with E-state index in [0.29, 0.717) is 5.02 Å². The Kier molecular flexibility index (Phi) is 5.80. The zero-order valence-corrected chi connectivity index (χ0v) is 14.4. The monoisotopic (exact) mass is 370 g/mol. The normalized spacial score (nSPS) is 11.1. The van der Waals surface area contributed by atoms with Gasteiger partial charge < -0.3 is 5.32 Å². The van der Waals surface area contributed by atoms with Gasteiger partial charge in [0.05, 0.1) is 11.9 Å². The van der Waals surface area contributed by atoms with Gasteiger partial charge in [0.2, 0.25) is 15.9 Å². The number of carbonyl (C=O) groups excluding carboxylic acids is 1. The first-order valence-corrected chi connectivity index (χ1v) is 9.23. The number of carbonyl (C=O) groups is 1. The average molecular weight is 371 g/mol. The zero-order chi connectivity index (χ0) is 17.7. The van der Waals surface area contributed by atoms with Crippen molar-refractivity contribution in [3.05, 3.63) is 64.9 Å². The molecule has 0 aliphatic heterocycles. The van der Waals surface area contributed by atoms with Crippen LogP contribution in [-0.2, 0) is 21.4 Å². The summed E-state index contributed by atoms with van der Waals surface area (Å²) in [7, 11) is -3.73. The van der Waals surface area contributed by atoms with E-state index in [1.165, 1.54) is 18.2 Å². The van der Waals surface area contributed by atoms with Crippen LogP contribution < -0.4 is 9.62 Å². The molecule has 24 heavy (non-hydrogen) atoms. The molecule has 0 bridgehead atoms. The van der Waals surface area contributed by atoms with Crippen LogP contribution in [0.15, 0.2) is 48.5 Å². The highest BCUT2D eigenvalue weighted by molar-refractivity contribution is 7.92. The van der Waals surface area contributed by atoms with Gasteiger partial charge in [-0.05, 0) is 35.9 Å². The molecule has 8 heteroatoms. The molecular formula is C16H16ClFN2O3S. The predicted octanol–water partition coefficient (Wildman–Crippen LogP) is 2.56. The van der Waals surface area contributed by atoms with Crippen molar-refractivity contribution < 1.29 is 17.6 Å². The minimum absolute atomic E-state index is 0.0964. The van der Waals surface area contributed by atoms with Crippen molar-refractivity contribution in [2.45, 2.75) is 6.54 Å². The van der Waals surface area contributed by atoms with Crippen LogP contribution >= 0.6 is 11.6 Å². The van der Waals surface area contributed by atoms with Gasteiger partial charge >= 0.3 is 0 Å². The number of hydrogen-bond acceptors (Lipinski definition) is 3. The lowest BCUT2D eigenvalue weighted by molar-refractivity contribution is -0.119. The maximum atomic E-state index is 13.3. The van der Waals surface area contributed by atoms with E-state index in [9.17, 15) is 17.6 Å². The number of anilines is 1. The first kappa shape index (κ1) is 18.2. The van der Waals surface area contributed by atoms with Crippen LogP contribution in [-0.4, -0.2) is 27.1 Å². The standard InChI is InChI=1S/C16H16ClFN2O3S/c1-24(22,23)20(15-4-2-3-14(18)9-15)11-16(21)19-10-12-5-7-13(17)8-6-12/h2-9H,10-11H2,1H3,(H,19,21). The molecule has 1 amide bonds. The van der Waals surface area contributed by atoms with Crippen LogP contribution in [0.4, 0.5) is 10.1 Å². The summed E-state index contributed by atoms with van der Waals surface area (Å²) >= 11 is 5.78. The topological polar surface area (TPSA) is 66.5 Å². The van der Waals surface area contributed by atoms with Gasteiger partial charge in [-0.3, -0.25) is 9.10 Å². The maximum Gasteiger partial charge on any atom is 0.241 e. The van der Waals surface area contributed by atoms with Gasteiger partial charge in [-0.2, -0.15) is 0 Å². The maximum absolute atomic E-state index is 13.3. The first-order chi connectivity index (χ1) is 11.3. The molecule has 0 aliphatic rings. The minimum atomic E-state index is -3.73. The smallest absolute Gasteiger partial charge is 0.241 e. The molecule has 0 unspecified atom stereocenters. The average Bonchev–Trinajstić information content (AvgIpc) is 2.51. The third-order valence-electron chi connectivity index (χ3n) is 3.19. The van der Waals surface area contributed by atoms with Crippen LogP contribution in [0.25, 0.3) is 0 Å². The molecule has 1 N–H and O–H groups in total. The molecule has 5 nitrogen and oxygen atoms in total. The van der Waals surface area contributed by atoms with Crippen molar-refractivity contribution >= 4 is 33.2 Å². The van der Waals surface area contributed by atoms with Gasteiger partial charge in [-0.1, -0.05) is 29.8 Å².